The van der Waals surface area contributed by atoms with Gasteiger partial charge in [0, 0.05) is 17.8 Å². The number of thiazole rings is 1. The van der Waals surface area contributed by atoms with Gasteiger partial charge < -0.3 is 5.32 Å². The van der Waals surface area contributed by atoms with E-state index in [0.29, 0.717) is 6.54 Å². The number of fused-ring (bicyclic) bond motifs is 1. The molecule has 0 aliphatic rings. The van der Waals surface area contributed by atoms with Crippen molar-refractivity contribution in [1.29, 1.82) is 0 Å². The first kappa shape index (κ1) is 11.6. The standard InChI is InChI=1S/C13H12ClN3S/c1-9-2-3-11(14)12(6-9)15-7-10-8-17-4-5-18-13(17)16-10/h2-6,8,15H,7H2,1H3. The van der Waals surface area contributed by atoms with Crippen molar-refractivity contribution in [2.75, 3.05) is 5.32 Å². The number of anilines is 1. The molecular weight excluding hydrogens is 266 g/mol. The lowest BCUT2D eigenvalue weighted by atomic mass is 10.2. The van der Waals surface area contributed by atoms with Crippen molar-refractivity contribution in [1.82, 2.24) is 9.38 Å². The van der Waals surface area contributed by atoms with Crippen LogP contribution in [0.4, 0.5) is 5.69 Å². The van der Waals surface area contributed by atoms with Crippen LogP contribution in [0.3, 0.4) is 0 Å². The van der Waals surface area contributed by atoms with Gasteiger partial charge in [-0.25, -0.2) is 4.98 Å². The van der Waals surface area contributed by atoms with E-state index >= 15 is 0 Å². The van der Waals surface area contributed by atoms with Crippen LogP contribution >= 0.6 is 22.9 Å². The first-order valence-corrected chi connectivity index (χ1v) is 6.89. The van der Waals surface area contributed by atoms with Crippen LogP contribution in [0, 0.1) is 6.92 Å². The Labute approximate surface area is 114 Å². The van der Waals surface area contributed by atoms with E-state index in [2.05, 4.69) is 10.3 Å². The summed E-state index contributed by atoms with van der Waals surface area (Å²) in [6, 6.07) is 5.95. The van der Waals surface area contributed by atoms with Crippen molar-refractivity contribution in [3.8, 4) is 0 Å². The van der Waals surface area contributed by atoms with Crippen molar-refractivity contribution in [2.24, 2.45) is 0 Å². The van der Waals surface area contributed by atoms with Gasteiger partial charge in [0.1, 0.15) is 0 Å². The van der Waals surface area contributed by atoms with Crippen molar-refractivity contribution in [3.05, 3.63) is 52.3 Å². The van der Waals surface area contributed by atoms with Gasteiger partial charge in [-0.2, -0.15) is 0 Å². The number of nitrogens with zero attached hydrogens (tertiary/aromatic N) is 2. The quantitative estimate of drug-likeness (QED) is 0.785. The van der Waals surface area contributed by atoms with E-state index in [0.717, 1.165) is 21.4 Å². The third-order valence-corrected chi connectivity index (χ3v) is 3.83. The second-order valence-corrected chi connectivity index (χ2v) is 5.44. The summed E-state index contributed by atoms with van der Waals surface area (Å²) >= 11 is 7.77. The Morgan fingerprint density at radius 2 is 2.33 bits per heavy atom. The number of hydrogen-bond donors (Lipinski definition) is 1. The molecule has 1 N–H and O–H groups in total. The van der Waals surface area contributed by atoms with E-state index in [9.17, 15) is 0 Å². The molecule has 0 spiro atoms. The van der Waals surface area contributed by atoms with Crippen LogP contribution in [0.2, 0.25) is 5.02 Å². The summed E-state index contributed by atoms with van der Waals surface area (Å²) in [7, 11) is 0. The molecule has 3 nitrogen and oxygen atoms in total. The smallest absolute Gasteiger partial charge is 0.193 e. The van der Waals surface area contributed by atoms with Crippen LogP contribution in [-0.2, 0) is 6.54 Å². The van der Waals surface area contributed by atoms with Crippen molar-refractivity contribution < 1.29 is 0 Å². The maximum Gasteiger partial charge on any atom is 0.193 e. The number of hydrogen-bond acceptors (Lipinski definition) is 3. The van der Waals surface area contributed by atoms with Gasteiger partial charge in [-0.3, -0.25) is 4.40 Å². The minimum atomic E-state index is 0.678. The lowest BCUT2D eigenvalue weighted by molar-refractivity contribution is 1.08. The van der Waals surface area contributed by atoms with Gasteiger partial charge in [0.25, 0.3) is 0 Å². The molecule has 0 radical (unpaired) electrons. The van der Waals surface area contributed by atoms with Crippen molar-refractivity contribution in [2.45, 2.75) is 13.5 Å². The third-order valence-electron chi connectivity index (χ3n) is 2.72. The molecule has 0 amide bonds. The molecule has 0 atom stereocenters. The van der Waals surface area contributed by atoms with Crippen molar-refractivity contribution in [3.63, 3.8) is 0 Å². The van der Waals surface area contributed by atoms with Crippen molar-refractivity contribution >= 4 is 33.6 Å². The van der Waals surface area contributed by atoms with Crippen LogP contribution in [-0.4, -0.2) is 9.38 Å². The monoisotopic (exact) mass is 277 g/mol. The fourth-order valence-corrected chi connectivity index (χ4v) is 2.72. The van der Waals surface area contributed by atoms with Crippen LogP contribution < -0.4 is 5.32 Å². The summed E-state index contributed by atoms with van der Waals surface area (Å²) in [5.74, 6) is 0. The Morgan fingerprint density at radius 1 is 1.44 bits per heavy atom. The summed E-state index contributed by atoms with van der Waals surface area (Å²) in [6.07, 6.45) is 4.04. The van der Waals surface area contributed by atoms with Gasteiger partial charge in [-0.15, -0.1) is 11.3 Å². The second kappa shape index (κ2) is 4.63. The maximum atomic E-state index is 6.13. The summed E-state index contributed by atoms with van der Waals surface area (Å²) in [6.45, 7) is 2.73. The summed E-state index contributed by atoms with van der Waals surface area (Å²) in [5.41, 5.74) is 3.15. The minimum Gasteiger partial charge on any atom is -0.378 e. The molecular formula is C13H12ClN3S. The zero-order valence-electron chi connectivity index (χ0n) is 9.85. The highest BCUT2D eigenvalue weighted by Gasteiger charge is 2.04. The summed E-state index contributed by atoms with van der Waals surface area (Å²) in [4.78, 5) is 5.53. The Kier molecular flexibility index (Phi) is 2.97. The average molecular weight is 278 g/mol. The number of rotatable bonds is 3. The normalized spacial score (nSPS) is 11.0. The van der Waals surface area contributed by atoms with E-state index in [1.165, 1.54) is 5.56 Å². The zero-order chi connectivity index (χ0) is 12.5. The molecule has 5 heteroatoms. The fraction of sp³-hybridized carbons (Fsp3) is 0.154. The highest BCUT2D eigenvalue weighted by molar-refractivity contribution is 7.15. The van der Waals surface area contributed by atoms with E-state index in [4.69, 9.17) is 11.6 Å². The van der Waals surface area contributed by atoms with E-state index in [1.807, 2.05) is 47.3 Å². The molecule has 2 aromatic heterocycles. The molecule has 0 aliphatic carbocycles. The first-order chi connectivity index (χ1) is 8.72. The predicted molar refractivity (Wildman–Crippen MR) is 76.6 cm³/mol. The molecule has 0 unspecified atom stereocenters. The Hall–Kier alpha value is -1.52. The van der Waals surface area contributed by atoms with Gasteiger partial charge in [0.15, 0.2) is 4.96 Å². The van der Waals surface area contributed by atoms with Gasteiger partial charge in [0.05, 0.1) is 22.9 Å². The third kappa shape index (κ3) is 2.21. The molecule has 1 aromatic carbocycles. The number of nitrogens with one attached hydrogen (secondary N) is 1. The Balaban J connectivity index is 1.77. The molecule has 0 saturated heterocycles. The molecule has 92 valence electrons. The predicted octanol–water partition coefficient (Wildman–Crippen LogP) is 3.97. The molecule has 0 saturated carbocycles. The van der Waals surface area contributed by atoms with E-state index in [1.54, 1.807) is 11.3 Å². The van der Waals surface area contributed by atoms with Crippen LogP contribution in [0.25, 0.3) is 4.96 Å². The second-order valence-electron chi connectivity index (χ2n) is 4.16. The summed E-state index contributed by atoms with van der Waals surface area (Å²) < 4.78 is 2.03. The molecule has 3 aromatic rings. The number of halogens is 1. The molecule has 0 aliphatic heterocycles. The van der Waals surface area contributed by atoms with Gasteiger partial charge in [-0.1, -0.05) is 17.7 Å². The molecule has 3 rings (SSSR count). The van der Waals surface area contributed by atoms with Crippen LogP contribution in [0.5, 0.6) is 0 Å². The molecule has 18 heavy (non-hydrogen) atoms. The van der Waals surface area contributed by atoms with E-state index < -0.39 is 0 Å². The van der Waals surface area contributed by atoms with Gasteiger partial charge in [0.2, 0.25) is 0 Å². The lowest BCUT2D eigenvalue weighted by Gasteiger charge is -2.07. The molecule has 0 bridgehead atoms. The summed E-state index contributed by atoms with van der Waals surface area (Å²) in [5, 5.41) is 6.08. The fourth-order valence-electron chi connectivity index (χ4n) is 1.82. The Bertz CT molecular complexity index is 658. The number of imidazole rings is 1. The molecule has 0 fully saturated rings. The van der Waals surface area contributed by atoms with Gasteiger partial charge in [-0.05, 0) is 24.6 Å². The van der Waals surface area contributed by atoms with Gasteiger partial charge >= 0.3 is 0 Å². The zero-order valence-corrected chi connectivity index (χ0v) is 11.4. The Morgan fingerprint density at radius 3 is 3.17 bits per heavy atom. The highest BCUT2D eigenvalue weighted by Crippen LogP contribution is 2.23. The minimum absolute atomic E-state index is 0.678. The number of benzene rings is 1. The largest absolute Gasteiger partial charge is 0.378 e. The lowest BCUT2D eigenvalue weighted by Crippen LogP contribution is -2.00. The number of aryl methyl sites for hydroxylation is 1. The SMILES string of the molecule is Cc1ccc(Cl)c(NCc2cn3ccsc3n2)c1. The molecule has 2 heterocycles. The first-order valence-electron chi connectivity index (χ1n) is 5.63. The maximum absolute atomic E-state index is 6.13. The van der Waals surface area contributed by atoms with Crippen LogP contribution in [0.1, 0.15) is 11.3 Å². The number of aromatic nitrogens is 2. The van der Waals surface area contributed by atoms with Crippen LogP contribution in [0.15, 0.2) is 36.0 Å². The average Bonchev–Trinajstić information content (AvgIpc) is 2.90. The topological polar surface area (TPSA) is 29.3 Å². The highest BCUT2D eigenvalue weighted by atomic mass is 35.5. The van der Waals surface area contributed by atoms with E-state index in [-0.39, 0.29) is 0 Å².